The van der Waals surface area contributed by atoms with Crippen molar-refractivity contribution in [3.05, 3.63) is 15.6 Å². The molecule has 2 rings (SSSR count). The number of hydrogen-bond donors (Lipinski definition) is 1. The number of hydrogen-bond acceptors (Lipinski definition) is 5. The number of piperazine rings is 1. The topological polar surface area (TPSA) is 56.7 Å². The molecule has 2 heterocycles. The second-order valence-corrected chi connectivity index (χ2v) is 6.95. The molecule has 6 heteroatoms. The van der Waals surface area contributed by atoms with Crippen LogP contribution in [-0.4, -0.2) is 59.1 Å². The van der Waals surface area contributed by atoms with Gasteiger partial charge >= 0.3 is 5.97 Å². The Morgan fingerprint density at radius 2 is 2.00 bits per heavy atom. The van der Waals surface area contributed by atoms with Gasteiger partial charge in [0.15, 0.2) is 0 Å². The summed E-state index contributed by atoms with van der Waals surface area (Å²) in [4.78, 5) is 20.9. The van der Waals surface area contributed by atoms with Crippen LogP contribution in [0.2, 0.25) is 0 Å². The maximum atomic E-state index is 11.3. The minimum Gasteiger partial charge on any atom is -0.477 e. The molecule has 1 aromatic heterocycles. The molecule has 0 bridgehead atoms. The van der Waals surface area contributed by atoms with Gasteiger partial charge in [0.1, 0.15) is 9.88 Å². The summed E-state index contributed by atoms with van der Waals surface area (Å²) >= 11 is 1.34. The molecule has 112 valence electrons. The van der Waals surface area contributed by atoms with Crippen molar-refractivity contribution in [2.24, 2.45) is 5.92 Å². The van der Waals surface area contributed by atoms with E-state index < -0.39 is 5.97 Å². The predicted molar refractivity (Wildman–Crippen MR) is 80.4 cm³/mol. The Hall–Kier alpha value is -0.980. The predicted octanol–water partition coefficient (Wildman–Crippen LogP) is 1.79. The lowest BCUT2D eigenvalue weighted by atomic mass is 10.1. The van der Waals surface area contributed by atoms with Gasteiger partial charge in [-0.05, 0) is 19.4 Å². The molecule has 0 atom stereocenters. The highest BCUT2D eigenvalue weighted by Crippen LogP contribution is 2.23. The van der Waals surface area contributed by atoms with E-state index in [9.17, 15) is 9.90 Å². The van der Waals surface area contributed by atoms with E-state index in [0.717, 1.165) is 49.8 Å². The molecular weight excluding hydrogens is 274 g/mol. The molecule has 1 saturated heterocycles. The van der Waals surface area contributed by atoms with Gasteiger partial charge in [-0.1, -0.05) is 13.8 Å². The summed E-state index contributed by atoms with van der Waals surface area (Å²) in [6.45, 7) is 9.13. The molecule has 0 unspecified atom stereocenters. The van der Waals surface area contributed by atoms with E-state index in [2.05, 4.69) is 35.7 Å². The molecular formula is C14H23N3O2S. The molecule has 1 fully saturated rings. The smallest absolute Gasteiger partial charge is 0.347 e. The van der Waals surface area contributed by atoms with Gasteiger partial charge in [-0.3, -0.25) is 4.90 Å². The normalized spacial score (nSPS) is 17.8. The van der Waals surface area contributed by atoms with Crippen molar-refractivity contribution in [2.75, 3.05) is 33.2 Å². The fourth-order valence-electron chi connectivity index (χ4n) is 2.36. The van der Waals surface area contributed by atoms with Crippen LogP contribution in [-0.2, 0) is 13.0 Å². The highest BCUT2D eigenvalue weighted by Gasteiger charge is 2.20. The molecule has 1 aliphatic heterocycles. The fourth-order valence-corrected chi connectivity index (χ4v) is 3.33. The van der Waals surface area contributed by atoms with Gasteiger partial charge < -0.3 is 10.0 Å². The number of carbonyl (C=O) groups is 1. The summed E-state index contributed by atoms with van der Waals surface area (Å²) < 4.78 is 0. The van der Waals surface area contributed by atoms with Crippen molar-refractivity contribution in [2.45, 2.75) is 26.8 Å². The molecule has 0 spiro atoms. The minimum atomic E-state index is -0.845. The molecule has 5 nitrogen and oxygen atoms in total. The van der Waals surface area contributed by atoms with Gasteiger partial charge in [-0.25, -0.2) is 9.78 Å². The first kappa shape index (κ1) is 15.4. The first-order valence-corrected chi connectivity index (χ1v) is 7.90. The highest BCUT2D eigenvalue weighted by atomic mass is 32.1. The van der Waals surface area contributed by atoms with Crippen molar-refractivity contribution in [3.8, 4) is 0 Å². The highest BCUT2D eigenvalue weighted by molar-refractivity contribution is 7.13. The first-order valence-electron chi connectivity index (χ1n) is 7.08. The number of carboxylic acid groups (broad SMARTS) is 1. The van der Waals surface area contributed by atoms with Gasteiger partial charge in [0.25, 0.3) is 0 Å². The van der Waals surface area contributed by atoms with E-state index >= 15 is 0 Å². The summed E-state index contributed by atoms with van der Waals surface area (Å²) in [5.41, 5.74) is 0.752. The third-order valence-electron chi connectivity index (χ3n) is 3.49. The van der Waals surface area contributed by atoms with Crippen LogP contribution < -0.4 is 0 Å². The van der Waals surface area contributed by atoms with Crippen LogP contribution in [0, 0.1) is 5.92 Å². The average Bonchev–Trinajstić information content (AvgIpc) is 2.74. The maximum absolute atomic E-state index is 11.3. The Labute approximate surface area is 124 Å². The number of thiazole rings is 1. The van der Waals surface area contributed by atoms with Crippen LogP contribution in [0.1, 0.15) is 34.2 Å². The van der Waals surface area contributed by atoms with Gasteiger partial charge in [0, 0.05) is 26.2 Å². The summed E-state index contributed by atoms with van der Waals surface area (Å²) in [7, 11) is 2.13. The molecule has 1 N–H and O–H groups in total. The Morgan fingerprint density at radius 3 is 2.55 bits per heavy atom. The molecule has 0 aliphatic carbocycles. The monoisotopic (exact) mass is 297 g/mol. The van der Waals surface area contributed by atoms with Crippen LogP contribution >= 0.6 is 11.3 Å². The lowest BCUT2D eigenvalue weighted by Gasteiger charge is -2.31. The van der Waals surface area contributed by atoms with Gasteiger partial charge in [-0.2, -0.15) is 0 Å². The quantitative estimate of drug-likeness (QED) is 0.898. The standard InChI is InChI=1S/C14H23N3O2S/c1-10(2)8-11-13(14(18)19)20-12(15-11)9-17-6-4-16(3)5-7-17/h10H,4-9H2,1-3H3,(H,18,19). The Balaban J connectivity index is 2.06. The third-order valence-corrected chi connectivity index (χ3v) is 4.56. The van der Waals surface area contributed by atoms with E-state index in [1.54, 1.807) is 0 Å². The lowest BCUT2D eigenvalue weighted by Crippen LogP contribution is -2.43. The number of aromatic carboxylic acids is 1. The summed E-state index contributed by atoms with van der Waals surface area (Å²) in [5, 5.41) is 10.2. The van der Waals surface area contributed by atoms with E-state index in [1.165, 1.54) is 11.3 Å². The third kappa shape index (κ3) is 4.01. The van der Waals surface area contributed by atoms with E-state index in [1.807, 2.05) is 0 Å². The average molecular weight is 297 g/mol. The fraction of sp³-hybridized carbons (Fsp3) is 0.714. The zero-order valence-corrected chi connectivity index (χ0v) is 13.2. The van der Waals surface area contributed by atoms with E-state index in [-0.39, 0.29) is 0 Å². The number of rotatable bonds is 5. The zero-order valence-electron chi connectivity index (χ0n) is 12.4. The Kier molecular flexibility index (Phi) is 5.12. The van der Waals surface area contributed by atoms with Gasteiger partial charge in [-0.15, -0.1) is 11.3 Å². The van der Waals surface area contributed by atoms with Crippen molar-refractivity contribution in [1.82, 2.24) is 14.8 Å². The van der Waals surface area contributed by atoms with Crippen molar-refractivity contribution in [3.63, 3.8) is 0 Å². The lowest BCUT2D eigenvalue weighted by molar-refractivity contribution is 0.0700. The summed E-state index contributed by atoms with van der Waals surface area (Å²) in [5.74, 6) is -0.422. The molecule has 0 radical (unpaired) electrons. The Bertz CT molecular complexity index is 465. The number of carboxylic acids is 1. The maximum Gasteiger partial charge on any atom is 0.347 e. The molecule has 1 aliphatic rings. The largest absolute Gasteiger partial charge is 0.477 e. The number of aromatic nitrogens is 1. The van der Waals surface area contributed by atoms with E-state index in [0.29, 0.717) is 10.8 Å². The number of likely N-dealkylation sites (N-methyl/N-ethyl adjacent to an activating group) is 1. The second kappa shape index (κ2) is 6.65. The molecule has 20 heavy (non-hydrogen) atoms. The zero-order chi connectivity index (χ0) is 14.7. The molecule has 0 saturated carbocycles. The van der Waals surface area contributed by atoms with Crippen molar-refractivity contribution < 1.29 is 9.90 Å². The Morgan fingerprint density at radius 1 is 1.35 bits per heavy atom. The van der Waals surface area contributed by atoms with Gasteiger partial charge in [0.2, 0.25) is 0 Å². The first-order chi connectivity index (χ1) is 9.45. The SMILES string of the molecule is CC(C)Cc1nc(CN2CCN(C)CC2)sc1C(=O)O. The summed E-state index contributed by atoms with van der Waals surface area (Å²) in [6.07, 6.45) is 0.737. The van der Waals surface area contributed by atoms with Crippen molar-refractivity contribution in [1.29, 1.82) is 0 Å². The van der Waals surface area contributed by atoms with Crippen LogP contribution in [0.15, 0.2) is 0 Å². The van der Waals surface area contributed by atoms with Crippen LogP contribution in [0.25, 0.3) is 0 Å². The molecule has 1 aromatic rings. The summed E-state index contributed by atoms with van der Waals surface area (Å²) in [6, 6.07) is 0. The number of nitrogens with zero attached hydrogens (tertiary/aromatic N) is 3. The van der Waals surface area contributed by atoms with Crippen LogP contribution in [0.3, 0.4) is 0 Å². The molecule has 0 aromatic carbocycles. The van der Waals surface area contributed by atoms with Crippen LogP contribution in [0.4, 0.5) is 0 Å². The van der Waals surface area contributed by atoms with Gasteiger partial charge in [0.05, 0.1) is 12.2 Å². The second-order valence-electron chi connectivity index (χ2n) is 5.87. The van der Waals surface area contributed by atoms with E-state index in [4.69, 9.17) is 0 Å². The van der Waals surface area contributed by atoms with Crippen molar-refractivity contribution >= 4 is 17.3 Å². The van der Waals surface area contributed by atoms with Crippen LogP contribution in [0.5, 0.6) is 0 Å². The minimum absolute atomic E-state index is 0.419. The molecule has 0 amide bonds.